The highest BCUT2D eigenvalue weighted by Gasteiger charge is 2.33. The van der Waals surface area contributed by atoms with Crippen molar-refractivity contribution in [2.24, 2.45) is 11.8 Å². The van der Waals surface area contributed by atoms with E-state index in [0.717, 1.165) is 69.0 Å². The van der Waals surface area contributed by atoms with E-state index in [1.165, 1.54) is 17.0 Å². The number of rotatable bonds is 5. The summed E-state index contributed by atoms with van der Waals surface area (Å²) in [4.78, 5) is 35.7. The van der Waals surface area contributed by atoms with Crippen LogP contribution in [-0.4, -0.2) is 47.9 Å². The van der Waals surface area contributed by atoms with Crippen LogP contribution in [0, 0.1) is 11.8 Å². The smallest absolute Gasteiger partial charge is 0.225 e. The molecule has 0 bridgehead atoms. The molecule has 2 aromatic rings. The molecule has 1 saturated carbocycles. The lowest BCUT2D eigenvalue weighted by atomic mass is 9.84. The number of aryl methyl sites for hydroxylation is 1. The van der Waals surface area contributed by atoms with E-state index < -0.39 is 0 Å². The largest absolute Gasteiger partial charge is 0.352 e. The number of piperazine rings is 1. The zero-order valence-electron chi connectivity index (χ0n) is 17.9. The van der Waals surface area contributed by atoms with Gasteiger partial charge in [0.05, 0.1) is 5.69 Å². The van der Waals surface area contributed by atoms with E-state index in [1.807, 2.05) is 35.2 Å². The first-order valence-electron chi connectivity index (χ1n) is 11.5. The summed E-state index contributed by atoms with van der Waals surface area (Å²) in [7, 11) is 0. The van der Waals surface area contributed by atoms with Crippen LogP contribution in [0.5, 0.6) is 0 Å². The van der Waals surface area contributed by atoms with Gasteiger partial charge < -0.3 is 15.1 Å². The van der Waals surface area contributed by atoms with Crippen LogP contribution >= 0.6 is 11.3 Å². The number of hydrogen-bond donors (Lipinski definition) is 1. The summed E-state index contributed by atoms with van der Waals surface area (Å²) >= 11 is 1.74. The lowest BCUT2D eigenvalue weighted by molar-refractivity contribution is -0.138. The van der Waals surface area contributed by atoms with Crippen LogP contribution in [-0.2, 0) is 29.0 Å². The van der Waals surface area contributed by atoms with Crippen molar-refractivity contribution in [3.05, 3.63) is 46.5 Å². The summed E-state index contributed by atoms with van der Waals surface area (Å²) in [5.74, 6) is 0.811. The highest BCUT2D eigenvalue weighted by molar-refractivity contribution is 7.15. The monoisotopic (exact) mass is 438 g/mol. The SMILES string of the molecule is O=C(NCc1ccccc1)C1CCc2nc(N3CCN(C(=O)C4CCC4)CC3)sc2C1. The molecule has 1 aromatic heterocycles. The van der Waals surface area contributed by atoms with Gasteiger partial charge >= 0.3 is 0 Å². The summed E-state index contributed by atoms with van der Waals surface area (Å²) in [6.45, 7) is 3.88. The zero-order valence-corrected chi connectivity index (χ0v) is 18.7. The molecule has 2 amide bonds. The number of fused-ring (bicyclic) bond motifs is 1. The maximum Gasteiger partial charge on any atom is 0.225 e. The third-order valence-electron chi connectivity index (χ3n) is 6.92. The molecule has 6 nitrogen and oxygen atoms in total. The Morgan fingerprint density at radius 1 is 1.03 bits per heavy atom. The van der Waals surface area contributed by atoms with Crippen molar-refractivity contribution in [2.75, 3.05) is 31.1 Å². The molecule has 3 aliphatic rings. The minimum absolute atomic E-state index is 0.0291. The van der Waals surface area contributed by atoms with Crippen LogP contribution in [0.4, 0.5) is 5.13 Å². The number of thiazole rings is 1. The fourth-order valence-corrected chi connectivity index (χ4v) is 5.92. The molecule has 1 saturated heterocycles. The molecule has 0 spiro atoms. The van der Waals surface area contributed by atoms with Crippen molar-refractivity contribution in [1.82, 2.24) is 15.2 Å². The van der Waals surface area contributed by atoms with Crippen LogP contribution in [0.1, 0.15) is 41.8 Å². The van der Waals surface area contributed by atoms with Gasteiger partial charge in [-0.25, -0.2) is 4.98 Å². The Balaban J connectivity index is 1.15. The molecule has 2 fully saturated rings. The van der Waals surface area contributed by atoms with Crippen LogP contribution < -0.4 is 10.2 Å². The predicted octanol–water partition coefficient (Wildman–Crippen LogP) is 3.01. The molecule has 1 unspecified atom stereocenters. The zero-order chi connectivity index (χ0) is 21.2. The fourth-order valence-electron chi connectivity index (χ4n) is 4.68. The van der Waals surface area contributed by atoms with Gasteiger partial charge in [0.15, 0.2) is 5.13 Å². The summed E-state index contributed by atoms with van der Waals surface area (Å²) in [5, 5.41) is 4.16. The Hall–Kier alpha value is -2.41. The van der Waals surface area contributed by atoms with Crippen molar-refractivity contribution in [3.8, 4) is 0 Å². The first kappa shape index (κ1) is 20.5. The average Bonchev–Trinajstić information content (AvgIpc) is 3.20. The predicted molar refractivity (Wildman–Crippen MR) is 122 cm³/mol. The molecule has 31 heavy (non-hydrogen) atoms. The van der Waals surface area contributed by atoms with Gasteiger partial charge in [0, 0.05) is 49.4 Å². The Morgan fingerprint density at radius 3 is 2.52 bits per heavy atom. The second-order valence-corrected chi connectivity index (χ2v) is 10.0. The number of benzene rings is 1. The number of nitrogens with one attached hydrogen (secondary N) is 1. The van der Waals surface area contributed by atoms with Gasteiger partial charge in [-0.1, -0.05) is 36.8 Å². The van der Waals surface area contributed by atoms with Crippen LogP contribution in [0.2, 0.25) is 0 Å². The molecule has 2 heterocycles. The highest BCUT2D eigenvalue weighted by atomic mass is 32.1. The van der Waals surface area contributed by atoms with E-state index in [2.05, 4.69) is 10.2 Å². The topological polar surface area (TPSA) is 65.5 Å². The number of nitrogens with zero attached hydrogens (tertiary/aromatic N) is 3. The molecule has 2 aliphatic carbocycles. The molecule has 5 rings (SSSR count). The molecule has 1 N–H and O–H groups in total. The average molecular weight is 439 g/mol. The summed E-state index contributed by atoms with van der Waals surface area (Å²) in [6, 6.07) is 10.1. The number of carbonyl (C=O) groups excluding carboxylic acids is 2. The van der Waals surface area contributed by atoms with Gasteiger partial charge in [0.25, 0.3) is 0 Å². The molecule has 1 atom stereocenters. The lowest BCUT2D eigenvalue weighted by Crippen LogP contribution is -2.51. The molecule has 164 valence electrons. The standard InChI is InChI=1S/C24H30N4O2S/c29-22(25-16-17-5-2-1-3-6-17)19-9-10-20-21(15-19)31-24(26-20)28-13-11-27(12-14-28)23(30)18-7-4-8-18/h1-3,5-6,18-19H,4,7-16H2,(H,25,29). The summed E-state index contributed by atoms with van der Waals surface area (Å²) < 4.78 is 0. The Kier molecular flexibility index (Phi) is 5.94. The van der Waals surface area contributed by atoms with E-state index >= 15 is 0 Å². The van der Waals surface area contributed by atoms with Crippen molar-refractivity contribution in [3.63, 3.8) is 0 Å². The third kappa shape index (κ3) is 4.47. The van der Waals surface area contributed by atoms with Gasteiger partial charge in [-0.3, -0.25) is 9.59 Å². The van der Waals surface area contributed by atoms with Crippen molar-refractivity contribution in [2.45, 2.75) is 45.1 Å². The molecule has 1 aliphatic heterocycles. The molecule has 7 heteroatoms. The van der Waals surface area contributed by atoms with Gasteiger partial charge in [0.2, 0.25) is 11.8 Å². The van der Waals surface area contributed by atoms with E-state index in [-0.39, 0.29) is 17.7 Å². The van der Waals surface area contributed by atoms with Crippen LogP contribution in [0.25, 0.3) is 0 Å². The number of aromatic nitrogens is 1. The summed E-state index contributed by atoms with van der Waals surface area (Å²) in [5.41, 5.74) is 2.29. The van der Waals surface area contributed by atoms with E-state index in [9.17, 15) is 9.59 Å². The van der Waals surface area contributed by atoms with Crippen molar-refractivity contribution < 1.29 is 9.59 Å². The quantitative estimate of drug-likeness (QED) is 0.779. The minimum atomic E-state index is 0.0291. The van der Waals surface area contributed by atoms with Crippen LogP contribution in [0.15, 0.2) is 30.3 Å². The van der Waals surface area contributed by atoms with Gasteiger partial charge in [0.1, 0.15) is 0 Å². The van der Waals surface area contributed by atoms with E-state index in [4.69, 9.17) is 4.98 Å². The first-order valence-corrected chi connectivity index (χ1v) is 12.3. The number of anilines is 1. The molecular weight excluding hydrogens is 408 g/mol. The Morgan fingerprint density at radius 2 is 1.81 bits per heavy atom. The number of carbonyl (C=O) groups is 2. The van der Waals surface area contributed by atoms with Crippen molar-refractivity contribution >= 4 is 28.3 Å². The summed E-state index contributed by atoms with van der Waals surface area (Å²) in [6.07, 6.45) is 5.85. The first-order chi connectivity index (χ1) is 15.2. The van der Waals surface area contributed by atoms with Gasteiger partial charge in [-0.2, -0.15) is 0 Å². The second-order valence-electron chi connectivity index (χ2n) is 8.95. The Labute approximate surface area is 187 Å². The normalized spacial score (nSPS) is 21.4. The number of amides is 2. The van der Waals surface area contributed by atoms with Gasteiger partial charge in [-0.05, 0) is 37.7 Å². The molecular formula is C24H30N4O2S. The van der Waals surface area contributed by atoms with Crippen LogP contribution in [0.3, 0.4) is 0 Å². The highest BCUT2D eigenvalue weighted by Crippen LogP contribution is 2.35. The number of hydrogen-bond acceptors (Lipinski definition) is 5. The molecule has 1 aromatic carbocycles. The van der Waals surface area contributed by atoms with Gasteiger partial charge in [-0.15, -0.1) is 11.3 Å². The third-order valence-corrected chi connectivity index (χ3v) is 8.11. The maximum atomic E-state index is 12.7. The lowest BCUT2D eigenvalue weighted by Gasteiger charge is -2.38. The maximum absolute atomic E-state index is 12.7. The fraction of sp³-hybridized carbons (Fsp3) is 0.542. The van der Waals surface area contributed by atoms with E-state index in [0.29, 0.717) is 12.5 Å². The minimum Gasteiger partial charge on any atom is -0.352 e. The second kappa shape index (κ2) is 8.99. The van der Waals surface area contributed by atoms with E-state index in [1.54, 1.807) is 11.3 Å². The Bertz CT molecular complexity index is 932. The molecule has 0 radical (unpaired) electrons. The van der Waals surface area contributed by atoms with Crippen molar-refractivity contribution in [1.29, 1.82) is 0 Å².